The van der Waals surface area contributed by atoms with E-state index in [4.69, 9.17) is 9.47 Å². The predicted octanol–water partition coefficient (Wildman–Crippen LogP) is 4.74. The number of ether oxygens (including phenoxy) is 2. The Kier molecular flexibility index (Phi) is 6.62. The van der Waals surface area contributed by atoms with Crippen LogP contribution in [0.5, 0.6) is 11.5 Å². The van der Waals surface area contributed by atoms with Crippen molar-refractivity contribution in [1.82, 2.24) is 0 Å². The summed E-state index contributed by atoms with van der Waals surface area (Å²) >= 11 is 0. The van der Waals surface area contributed by atoms with Crippen molar-refractivity contribution in [2.24, 2.45) is 0 Å². The van der Waals surface area contributed by atoms with Gasteiger partial charge in [0.15, 0.2) is 0 Å². The quantitative estimate of drug-likeness (QED) is 0.678. The SMILES string of the molecule is CCCCOc1ccc(NCC(C)Oc2ccccc2)cc1. The number of nitrogens with one attached hydrogen (secondary N) is 1. The van der Waals surface area contributed by atoms with Gasteiger partial charge in [-0.1, -0.05) is 31.5 Å². The maximum atomic E-state index is 5.84. The van der Waals surface area contributed by atoms with Crippen molar-refractivity contribution in [2.75, 3.05) is 18.5 Å². The molecule has 3 heteroatoms. The number of unbranched alkanes of at least 4 members (excludes halogenated alkanes) is 1. The third kappa shape index (κ3) is 5.68. The maximum absolute atomic E-state index is 5.84. The Labute approximate surface area is 133 Å². The van der Waals surface area contributed by atoms with Crippen molar-refractivity contribution < 1.29 is 9.47 Å². The van der Waals surface area contributed by atoms with E-state index in [1.165, 1.54) is 0 Å². The molecule has 0 heterocycles. The van der Waals surface area contributed by atoms with E-state index >= 15 is 0 Å². The minimum atomic E-state index is 0.0999. The summed E-state index contributed by atoms with van der Waals surface area (Å²) in [6, 6.07) is 18.0. The van der Waals surface area contributed by atoms with E-state index < -0.39 is 0 Å². The van der Waals surface area contributed by atoms with Crippen molar-refractivity contribution >= 4 is 5.69 Å². The molecule has 0 radical (unpaired) electrons. The molecule has 2 rings (SSSR count). The maximum Gasteiger partial charge on any atom is 0.119 e. The van der Waals surface area contributed by atoms with Gasteiger partial charge < -0.3 is 14.8 Å². The largest absolute Gasteiger partial charge is 0.494 e. The number of hydrogen-bond donors (Lipinski definition) is 1. The van der Waals surface area contributed by atoms with Gasteiger partial charge in [0.1, 0.15) is 17.6 Å². The molecule has 0 saturated heterocycles. The molecule has 3 nitrogen and oxygen atoms in total. The minimum Gasteiger partial charge on any atom is -0.494 e. The Morgan fingerprint density at radius 2 is 1.68 bits per heavy atom. The lowest BCUT2D eigenvalue weighted by Gasteiger charge is -2.16. The van der Waals surface area contributed by atoms with Gasteiger partial charge in [-0.25, -0.2) is 0 Å². The van der Waals surface area contributed by atoms with Gasteiger partial charge in [-0.15, -0.1) is 0 Å². The lowest BCUT2D eigenvalue weighted by molar-refractivity contribution is 0.235. The highest BCUT2D eigenvalue weighted by molar-refractivity contribution is 5.46. The molecule has 0 bridgehead atoms. The lowest BCUT2D eigenvalue weighted by atomic mass is 10.3. The summed E-state index contributed by atoms with van der Waals surface area (Å²) in [5, 5.41) is 3.38. The van der Waals surface area contributed by atoms with Crippen LogP contribution in [0.2, 0.25) is 0 Å². The van der Waals surface area contributed by atoms with Gasteiger partial charge >= 0.3 is 0 Å². The smallest absolute Gasteiger partial charge is 0.119 e. The molecule has 2 aromatic rings. The van der Waals surface area contributed by atoms with Crippen LogP contribution in [0.4, 0.5) is 5.69 Å². The predicted molar refractivity (Wildman–Crippen MR) is 91.9 cm³/mol. The number of benzene rings is 2. The first-order valence-electron chi connectivity index (χ1n) is 7.96. The van der Waals surface area contributed by atoms with Gasteiger partial charge in [-0.3, -0.25) is 0 Å². The molecule has 0 aliphatic rings. The molecule has 0 aliphatic carbocycles. The van der Waals surface area contributed by atoms with Crippen LogP contribution in [0.3, 0.4) is 0 Å². The highest BCUT2D eigenvalue weighted by Gasteiger charge is 2.03. The Balaban J connectivity index is 1.74. The molecule has 0 aromatic heterocycles. The highest BCUT2D eigenvalue weighted by atomic mass is 16.5. The molecule has 22 heavy (non-hydrogen) atoms. The molecule has 0 fully saturated rings. The average molecular weight is 299 g/mol. The summed E-state index contributed by atoms with van der Waals surface area (Å²) in [4.78, 5) is 0. The van der Waals surface area contributed by atoms with Gasteiger partial charge in [0.25, 0.3) is 0 Å². The molecule has 0 spiro atoms. The molecule has 1 atom stereocenters. The molecular formula is C19H25NO2. The molecule has 1 N–H and O–H groups in total. The van der Waals surface area contributed by atoms with Crippen LogP contribution >= 0.6 is 0 Å². The molecule has 0 aliphatic heterocycles. The lowest BCUT2D eigenvalue weighted by Crippen LogP contribution is -2.22. The van der Waals surface area contributed by atoms with E-state index in [1.807, 2.05) is 54.6 Å². The number of anilines is 1. The van der Waals surface area contributed by atoms with E-state index in [0.29, 0.717) is 0 Å². The van der Waals surface area contributed by atoms with E-state index in [-0.39, 0.29) is 6.10 Å². The first-order valence-corrected chi connectivity index (χ1v) is 7.96. The standard InChI is InChI=1S/C19H25NO2/c1-3-4-14-21-18-12-10-17(11-13-18)20-15-16(2)22-19-8-6-5-7-9-19/h5-13,16,20H,3-4,14-15H2,1-2H3. The highest BCUT2D eigenvalue weighted by Crippen LogP contribution is 2.16. The summed E-state index contributed by atoms with van der Waals surface area (Å²) in [5.41, 5.74) is 1.08. The summed E-state index contributed by atoms with van der Waals surface area (Å²) in [6.45, 7) is 5.76. The molecular weight excluding hydrogens is 274 g/mol. The van der Waals surface area contributed by atoms with Crippen LogP contribution in [-0.4, -0.2) is 19.3 Å². The Bertz CT molecular complexity index is 525. The van der Waals surface area contributed by atoms with Crippen LogP contribution in [0.1, 0.15) is 26.7 Å². The van der Waals surface area contributed by atoms with E-state index in [2.05, 4.69) is 19.2 Å². The molecule has 2 aromatic carbocycles. The fourth-order valence-electron chi connectivity index (χ4n) is 2.04. The average Bonchev–Trinajstić information content (AvgIpc) is 2.55. The van der Waals surface area contributed by atoms with Crippen LogP contribution in [-0.2, 0) is 0 Å². The van der Waals surface area contributed by atoms with Crippen molar-refractivity contribution in [3.8, 4) is 11.5 Å². The fraction of sp³-hybridized carbons (Fsp3) is 0.368. The summed E-state index contributed by atoms with van der Waals surface area (Å²) in [5.74, 6) is 1.82. The normalized spacial score (nSPS) is 11.7. The van der Waals surface area contributed by atoms with Crippen LogP contribution in [0.15, 0.2) is 54.6 Å². The van der Waals surface area contributed by atoms with Crippen molar-refractivity contribution in [1.29, 1.82) is 0 Å². The second kappa shape index (κ2) is 8.98. The van der Waals surface area contributed by atoms with Gasteiger partial charge in [0, 0.05) is 5.69 Å². The molecule has 118 valence electrons. The number of hydrogen-bond acceptors (Lipinski definition) is 3. The first-order chi connectivity index (χ1) is 10.8. The summed E-state index contributed by atoms with van der Waals surface area (Å²) in [7, 11) is 0. The molecule has 0 saturated carbocycles. The third-order valence-corrected chi connectivity index (χ3v) is 3.30. The second-order valence-electron chi connectivity index (χ2n) is 5.35. The number of para-hydroxylation sites is 1. The zero-order chi connectivity index (χ0) is 15.6. The van der Waals surface area contributed by atoms with Crippen molar-refractivity contribution in [2.45, 2.75) is 32.8 Å². The van der Waals surface area contributed by atoms with E-state index in [0.717, 1.165) is 43.2 Å². The monoisotopic (exact) mass is 299 g/mol. The van der Waals surface area contributed by atoms with Gasteiger partial charge in [0.2, 0.25) is 0 Å². The zero-order valence-corrected chi connectivity index (χ0v) is 13.4. The third-order valence-electron chi connectivity index (χ3n) is 3.30. The fourth-order valence-corrected chi connectivity index (χ4v) is 2.04. The first kappa shape index (κ1) is 16.2. The van der Waals surface area contributed by atoms with Crippen LogP contribution < -0.4 is 14.8 Å². The van der Waals surface area contributed by atoms with Crippen molar-refractivity contribution in [3.63, 3.8) is 0 Å². The minimum absolute atomic E-state index is 0.0999. The van der Waals surface area contributed by atoms with E-state index in [1.54, 1.807) is 0 Å². The van der Waals surface area contributed by atoms with Crippen LogP contribution in [0.25, 0.3) is 0 Å². The van der Waals surface area contributed by atoms with Gasteiger partial charge in [0.05, 0.1) is 13.2 Å². The summed E-state index contributed by atoms with van der Waals surface area (Å²) in [6.07, 6.45) is 2.34. The summed E-state index contributed by atoms with van der Waals surface area (Å²) < 4.78 is 11.5. The molecule has 1 unspecified atom stereocenters. The number of rotatable bonds is 9. The second-order valence-corrected chi connectivity index (χ2v) is 5.35. The molecule has 0 amide bonds. The Hall–Kier alpha value is -2.16. The topological polar surface area (TPSA) is 30.5 Å². The van der Waals surface area contributed by atoms with Crippen LogP contribution in [0, 0.1) is 0 Å². The van der Waals surface area contributed by atoms with E-state index in [9.17, 15) is 0 Å². The van der Waals surface area contributed by atoms with Gasteiger partial charge in [-0.2, -0.15) is 0 Å². The zero-order valence-electron chi connectivity index (χ0n) is 13.4. The Morgan fingerprint density at radius 1 is 0.955 bits per heavy atom. The van der Waals surface area contributed by atoms with Gasteiger partial charge in [-0.05, 0) is 49.7 Å². The van der Waals surface area contributed by atoms with Crippen molar-refractivity contribution in [3.05, 3.63) is 54.6 Å². The Morgan fingerprint density at radius 3 is 2.36 bits per heavy atom.